The van der Waals surface area contributed by atoms with Crippen molar-refractivity contribution in [3.8, 4) is 0 Å². The third-order valence-corrected chi connectivity index (χ3v) is 5.91. The molecule has 0 aromatic heterocycles. The number of hydrogen-bond donors (Lipinski definition) is 1. The summed E-state index contributed by atoms with van der Waals surface area (Å²) in [4.78, 5) is 2.58. The Morgan fingerprint density at radius 1 is 1.00 bits per heavy atom. The molecule has 120 valence electrons. The van der Waals surface area contributed by atoms with Gasteiger partial charge in [-0.15, -0.1) is 0 Å². The van der Waals surface area contributed by atoms with Crippen LogP contribution in [0.1, 0.15) is 36.3 Å². The van der Waals surface area contributed by atoms with Gasteiger partial charge < -0.3 is 4.72 Å². The maximum atomic E-state index is 3.52. The fourth-order valence-corrected chi connectivity index (χ4v) is 4.08. The molecule has 3 heteroatoms. The summed E-state index contributed by atoms with van der Waals surface area (Å²) in [6, 6.07) is 19.9. The van der Waals surface area contributed by atoms with Crippen LogP contribution in [0.5, 0.6) is 0 Å². The van der Waals surface area contributed by atoms with Crippen LogP contribution in [0.25, 0.3) is 0 Å². The van der Waals surface area contributed by atoms with Crippen LogP contribution >= 0.6 is 11.9 Å². The first-order valence-electron chi connectivity index (χ1n) is 8.65. The molecule has 0 bridgehead atoms. The third kappa shape index (κ3) is 4.10. The summed E-state index contributed by atoms with van der Waals surface area (Å²) < 4.78 is 3.52. The van der Waals surface area contributed by atoms with E-state index in [0.29, 0.717) is 5.92 Å². The monoisotopic (exact) mass is 324 g/mol. The first-order valence-corrected chi connectivity index (χ1v) is 9.53. The molecule has 0 amide bonds. The number of rotatable bonds is 6. The van der Waals surface area contributed by atoms with Crippen molar-refractivity contribution in [2.45, 2.75) is 37.0 Å². The molecule has 0 radical (unpaired) electrons. The molecule has 1 unspecified atom stereocenters. The molecule has 1 N–H and O–H groups in total. The summed E-state index contributed by atoms with van der Waals surface area (Å²) >= 11 is 1.89. The van der Waals surface area contributed by atoms with Gasteiger partial charge in [0, 0.05) is 24.0 Å². The Balaban J connectivity index is 1.36. The molecule has 2 nitrogen and oxygen atoms in total. The Kier molecular flexibility index (Phi) is 4.58. The van der Waals surface area contributed by atoms with Gasteiger partial charge in [0.25, 0.3) is 0 Å². The molecule has 1 saturated heterocycles. The van der Waals surface area contributed by atoms with Gasteiger partial charge >= 0.3 is 0 Å². The van der Waals surface area contributed by atoms with Crippen LogP contribution < -0.4 is 4.72 Å². The quantitative estimate of drug-likeness (QED) is 0.761. The Morgan fingerprint density at radius 2 is 1.87 bits per heavy atom. The maximum absolute atomic E-state index is 3.52. The summed E-state index contributed by atoms with van der Waals surface area (Å²) in [6.07, 6.45) is 4.01. The van der Waals surface area contributed by atoms with Gasteiger partial charge in [0.05, 0.1) is 0 Å². The fraction of sp³-hybridized carbons (Fsp3) is 0.400. The lowest BCUT2D eigenvalue weighted by molar-refractivity contribution is 0.327. The van der Waals surface area contributed by atoms with E-state index in [-0.39, 0.29) is 0 Å². The highest BCUT2D eigenvalue weighted by atomic mass is 32.2. The van der Waals surface area contributed by atoms with Gasteiger partial charge in [-0.2, -0.15) is 0 Å². The summed E-state index contributed by atoms with van der Waals surface area (Å²) in [5, 5.41) is 0.839. The third-order valence-electron chi connectivity index (χ3n) is 4.75. The van der Waals surface area contributed by atoms with Crippen LogP contribution in [0.2, 0.25) is 0 Å². The SMILES string of the molecule is c1ccc(CN2CCC(c3cccc(NSC4CC4)c3)C2)cc1. The molecule has 23 heavy (non-hydrogen) atoms. The Labute approximate surface area is 143 Å². The first kappa shape index (κ1) is 15.1. The van der Waals surface area contributed by atoms with E-state index in [1.807, 2.05) is 11.9 Å². The average Bonchev–Trinajstić information content (AvgIpc) is 3.32. The van der Waals surface area contributed by atoms with Crippen molar-refractivity contribution in [1.82, 2.24) is 4.90 Å². The van der Waals surface area contributed by atoms with E-state index in [4.69, 9.17) is 0 Å². The number of hydrogen-bond acceptors (Lipinski definition) is 3. The predicted molar refractivity (Wildman–Crippen MR) is 99.8 cm³/mol. The van der Waals surface area contributed by atoms with Crippen molar-refractivity contribution < 1.29 is 0 Å². The maximum Gasteiger partial charge on any atom is 0.0442 e. The van der Waals surface area contributed by atoms with Crippen LogP contribution in [0, 0.1) is 0 Å². The van der Waals surface area contributed by atoms with Gasteiger partial charge in [-0.1, -0.05) is 42.5 Å². The molecule has 2 aromatic rings. The lowest BCUT2D eigenvalue weighted by Crippen LogP contribution is -2.19. The average molecular weight is 324 g/mol. The van der Waals surface area contributed by atoms with Gasteiger partial charge in [0.15, 0.2) is 0 Å². The van der Waals surface area contributed by atoms with Crippen molar-refractivity contribution >= 4 is 17.6 Å². The number of benzene rings is 2. The molecular weight excluding hydrogens is 300 g/mol. The van der Waals surface area contributed by atoms with Crippen molar-refractivity contribution in [3.63, 3.8) is 0 Å². The number of likely N-dealkylation sites (tertiary alicyclic amines) is 1. The van der Waals surface area contributed by atoms with Gasteiger partial charge in [-0.05, 0) is 66.9 Å². The zero-order chi connectivity index (χ0) is 15.5. The number of nitrogens with zero attached hydrogens (tertiary/aromatic N) is 1. The Hall–Kier alpha value is -1.45. The molecule has 1 atom stereocenters. The van der Waals surface area contributed by atoms with Gasteiger partial charge in [0.2, 0.25) is 0 Å². The van der Waals surface area contributed by atoms with E-state index < -0.39 is 0 Å². The molecule has 4 rings (SSSR count). The number of nitrogens with one attached hydrogen (secondary N) is 1. The second-order valence-corrected chi connectivity index (χ2v) is 7.86. The topological polar surface area (TPSA) is 15.3 Å². The zero-order valence-corrected chi connectivity index (χ0v) is 14.3. The van der Waals surface area contributed by atoms with Crippen LogP contribution in [-0.2, 0) is 6.54 Å². The standard InChI is InChI=1S/C20H24N2S/c1-2-5-16(6-3-1)14-22-12-11-18(15-22)17-7-4-8-19(13-17)21-23-20-9-10-20/h1-8,13,18,20-21H,9-12,14-15H2. The minimum atomic E-state index is 0.673. The Bertz CT molecular complexity index is 639. The van der Waals surface area contributed by atoms with Crippen LogP contribution in [-0.4, -0.2) is 23.2 Å². The summed E-state index contributed by atoms with van der Waals surface area (Å²) in [6.45, 7) is 3.45. The molecule has 1 heterocycles. The highest BCUT2D eigenvalue weighted by molar-refractivity contribution is 8.01. The second kappa shape index (κ2) is 6.98. The van der Waals surface area contributed by atoms with E-state index in [1.54, 1.807) is 0 Å². The lowest BCUT2D eigenvalue weighted by Gasteiger charge is -2.17. The molecule has 0 spiro atoms. The molecule has 1 saturated carbocycles. The van der Waals surface area contributed by atoms with E-state index in [1.165, 1.54) is 49.2 Å². The van der Waals surface area contributed by atoms with Gasteiger partial charge in [-0.25, -0.2) is 0 Å². The first-order chi connectivity index (χ1) is 11.4. The molecular formula is C20H24N2S. The highest BCUT2D eigenvalue weighted by Crippen LogP contribution is 2.35. The summed E-state index contributed by atoms with van der Waals surface area (Å²) in [7, 11) is 0. The van der Waals surface area contributed by atoms with Gasteiger partial charge in [0.1, 0.15) is 0 Å². The zero-order valence-electron chi connectivity index (χ0n) is 13.4. The second-order valence-electron chi connectivity index (χ2n) is 6.75. The molecule has 1 aliphatic carbocycles. The lowest BCUT2D eigenvalue weighted by atomic mass is 9.98. The normalized spacial score (nSPS) is 21.5. The van der Waals surface area contributed by atoms with E-state index >= 15 is 0 Å². The Morgan fingerprint density at radius 3 is 2.70 bits per heavy atom. The van der Waals surface area contributed by atoms with Crippen molar-refractivity contribution in [3.05, 3.63) is 65.7 Å². The minimum absolute atomic E-state index is 0.673. The fourth-order valence-electron chi connectivity index (χ4n) is 3.28. The highest BCUT2D eigenvalue weighted by Gasteiger charge is 2.24. The van der Waals surface area contributed by atoms with E-state index in [0.717, 1.165) is 11.8 Å². The smallest absolute Gasteiger partial charge is 0.0442 e. The van der Waals surface area contributed by atoms with E-state index in [9.17, 15) is 0 Å². The van der Waals surface area contributed by atoms with Crippen molar-refractivity contribution in [1.29, 1.82) is 0 Å². The van der Waals surface area contributed by atoms with Crippen molar-refractivity contribution in [2.75, 3.05) is 17.8 Å². The van der Waals surface area contributed by atoms with Gasteiger partial charge in [-0.3, -0.25) is 4.90 Å². The van der Waals surface area contributed by atoms with Crippen molar-refractivity contribution in [2.24, 2.45) is 0 Å². The number of anilines is 1. The van der Waals surface area contributed by atoms with Crippen LogP contribution in [0.3, 0.4) is 0 Å². The minimum Gasteiger partial charge on any atom is -0.330 e. The summed E-state index contributed by atoms with van der Waals surface area (Å²) in [5.41, 5.74) is 4.17. The molecule has 2 aliphatic rings. The molecule has 2 fully saturated rings. The predicted octanol–water partition coefficient (Wildman–Crippen LogP) is 4.90. The molecule has 2 aromatic carbocycles. The molecule has 1 aliphatic heterocycles. The van der Waals surface area contributed by atoms with E-state index in [2.05, 4.69) is 64.2 Å². The summed E-state index contributed by atoms with van der Waals surface area (Å²) in [5.74, 6) is 0.673. The largest absolute Gasteiger partial charge is 0.330 e. The van der Waals surface area contributed by atoms with Crippen LogP contribution in [0.4, 0.5) is 5.69 Å². The van der Waals surface area contributed by atoms with Crippen LogP contribution in [0.15, 0.2) is 54.6 Å².